The van der Waals surface area contributed by atoms with Gasteiger partial charge in [0.25, 0.3) is 0 Å². The van der Waals surface area contributed by atoms with E-state index in [4.69, 9.17) is 28.9 Å². The minimum absolute atomic E-state index is 0.472. The largest absolute Gasteiger partial charge is 0.462 e. The highest BCUT2D eigenvalue weighted by atomic mass is 16.6. The van der Waals surface area contributed by atoms with E-state index in [-0.39, 0.29) is 0 Å². The van der Waals surface area contributed by atoms with Crippen LogP contribution in [-0.2, 0) is 42.9 Å². The van der Waals surface area contributed by atoms with E-state index in [0.717, 1.165) is 34.8 Å². The molecular formula is C16H23NO10. The Hall–Kier alpha value is -2.71. The van der Waals surface area contributed by atoms with E-state index in [2.05, 4.69) is 0 Å². The molecule has 0 aliphatic carbocycles. The Morgan fingerprint density at radius 1 is 0.852 bits per heavy atom. The number of carbonyl (C=O) groups excluding carboxylic acids is 4. The highest BCUT2D eigenvalue weighted by molar-refractivity contribution is 5.68. The molecule has 0 heterocycles. The molecule has 0 aromatic carbocycles. The lowest BCUT2D eigenvalue weighted by atomic mass is 9.98. The van der Waals surface area contributed by atoms with Gasteiger partial charge in [-0.05, 0) is 0 Å². The highest BCUT2D eigenvalue weighted by Crippen LogP contribution is 2.21. The summed E-state index contributed by atoms with van der Waals surface area (Å²) in [5.41, 5.74) is 0. The van der Waals surface area contributed by atoms with Gasteiger partial charge in [-0.1, -0.05) is 0 Å². The van der Waals surface area contributed by atoms with Gasteiger partial charge in [0.1, 0.15) is 12.7 Å². The van der Waals surface area contributed by atoms with Crippen molar-refractivity contribution < 1.29 is 48.0 Å². The monoisotopic (exact) mass is 389 g/mol. The molecule has 0 rings (SSSR count). The fourth-order valence-corrected chi connectivity index (χ4v) is 2.20. The Morgan fingerprint density at radius 2 is 1.33 bits per heavy atom. The number of aliphatic hydroxyl groups excluding tert-OH is 1. The fourth-order valence-electron chi connectivity index (χ4n) is 2.20. The van der Waals surface area contributed by atoms with Crippen molar-refractivity contribution in [1.29, 1.82) is 5.26 Å². The van der Waals surface area contributed by atoms with Crippen molar-refractivity contribution >= 4 is 23.9 Å². The minimum Gasteiger partial charge on any atom is -0.462 e. The van der Waals surface area contributed by atoms with E-state index < -0.39 is 61.0 Å². The summed E-state index contributed by atoms with van der Waals surface area (Å²) in [6.45, 7) is 3.79. The molecule has 0 aromatic heterocycles. The number of aliphatic hydroxyl groups is 1. The van der Waals surface area contributed by atoms with Crippen molar-refractivity contribution in [2.24, 2.45) is 0 Å². The van der Waals surface area contributed by atoms with E-state index in [1.807, 2.05) is 0 Å². The number of nitrogens with zero attached hydrogens (tertiary/aromatic N) is 1. The van der Waals surface area contributed by atoms with E-state index in [9.17, 15) is 24.3 Å². The second-order valence-corrected chi connectivity index (χ2v) is 5.37. The molecule has 0 spiro atoms. The van der Waals surface area contributed by atoms with Crippen molar-refractivity contribution in [3.8, 4) is 6.07 Å². The number of carbonyl (C=O) groups is 4. The number of methoxy groups -OCH3 is 1. The van der Waals surface area contributed by atoms with Crippen LogP contribution in [0, 0.1) is 11.3 Å². The zero-order valence-corrected chi connectivity index (χ0v) is 15.7. The van der Waals surface area contributed by atoms with Crippen molar-refractivity contribution in [2.45, 2.75) is 58.2 Å². The van der Waals surface area contributed by atoms with Crippen LogP contribution in [0.3, 0.4) is 0 Å². The Morgan fingerprint density at radius 3 is 1.70 bits per heavy atom. The summed E-state index contributed by atoms with van der Waals surface area (Å²) in [4.78, 5) is 45.3. The second kappa shape index (κ2) is 11.8. The molecule has 0 aliphatic heterocycles. The van der Waals surface area contributed by atoms with Crippen LogP contribution >= 0.6 is 0 Å². The van der Waals surface area contributed by atoms with Crippen LogP contribution in [0.1, 0.15) is 27.7 Å². The van der Waals surface area contributed by atoms with E-state index >= 15 is 0 Å². The zero-order chi connectivity index (χ0) is 21.1. The Kier molecular flexibility index (Phi) is 10.6. The molecule has 0 bridgehead atoms. The van der Waals surface area contributed by atoms with Crippen molar-refractivity contribution in [3.63, 3.8) is 0 Å². The van der Waals surface area contributed by atoms with Crippen LogP contribution in [-0.4, -0.2) is 73.2 Å². The summed E-state index contributed by atoms with van der Waals surface area (Å²) in [6.07, 6.45) is -7.72. The lowest BCUT2D eigenvalue weighted by Gasteiger charge is -2.35. The van der Waals surface area contributed by atoms with Crippen LogP contribution in [0.25, 0.3) is 0 Å². The van der Waals surface area contributed by atoms with Crippen molar-refractivity contribution in [3.05, 3.63) is 0 Å². The lowest BCUT2D eigenvalue weighted by Crippen LogP contribution is -2.55. The normalized spacial score (nSPS) is 15.9. The molecule has 0 amide bonds. The van der Waals surface area contributed by atoms with Gasteiger partial charge in [0, 0.05) is 34.8 Å². The predicted octanol–water partition coefficient (Wildman–Crippen LogP) is -0.756. The van der Waals surface area contributed by atoms with Gasteiger partial charge in [-0.2, -0.15) is 5.26 Å². The Balaban J connectivity index is 5.96. The third-order valence-electron chi connectivity index (χ3n) is 3.10. The fraction of sp³-hybridized carbons (Fsp3) is 0.688. The van der Waals surface area contributed by atoms with Gasteiger partial charge < -0.3 is 28.8 Å². The first-order chi connectivity index (χ1) is 12.5. The summed E-state index contributed by atoms with van der Waals surface area (Å²) in [6, 6.07) is 1.47. The molecule has 152 valence electrons. The van der Waals surface area contributed by atoms with E-state index in [1.54, 1.807) is 0 Å². The number of hydrogen-bond donors (Lipinski definition) is 1. The van der Waals surface area contributed by atoms with Gasteiger partial charge >= 0.3 is 23.9 Å². The van der Waals surface area contributed by atoms with E-state index in [1.165, 1.54) is 6.07 Å². The number of hydrogen-bond acceptors (Lipinski definition) is 11. The molecule has 1 unspecified atom stereocenters. The van der Waals surface area contributed by atoms with Gasteiger partial charge in [0.05, 0.1) is 6.07 Å². The lowest BCUT2D eigenvalue weighted by molar-refractivity contribution is -0.202. The quantitative estimate of drug-likeness (QED) is 0.284. The molecule has 0 fully saturated rings. The number of nitriles is 1. The van der Waals surface area contributed by atoms with Crippen LogP contribution in [0.5, 0.6) is 0 Å². The topological polar surface area (TPSA) is 158 Å². The third kappa shape index (κ3) is 8.98. The van der Waals surface area contributed by atoms with Crippen molar-refractivity contribution in [1.82, 2.24) is 0 Å². The first kappa shape index (κ1) is 24.3. The standard InChI is InChI=1S/C16H23NO10/c1-8(18)24-7-13(25-9(2)19)15(23-5)16(27-11(4)21)14(12(22)6-17)26-10(3)20/h12-16,22H,7H2,1-5H3/t12?,13-,14+,15+,16-/m1/s1. The van der Waals surface area contributed by atoms with Crippen molar-refractivity contribution in [2.75, 3.05) is 13.7 Å². The number of esters is 4. The number of ether oxygens (including phenoxy) is 5. The second-order valence-electron chi connectivity index (χ2n) is 5.37. The maximum atomic E-state index is 11.5. The SMILES string of the molecule is CO[C@H]([C@H](OC(C)=O)[C@@H](OC(C)=O)C(O)C#N)[C@@H](COC(C)=O)OC(C)=O. The molecule has 11 nitrogen and oxygen atoms in total. The highest BCUT2D eigenvalue weighted by Gasteiger charge is 2.44. The molecule has 1 N–H and O–H groups in total. The summed E-state index contributed by atoms with van der Waals surface area (Å²) in [5, 5.41) is 18.9. The smallest absolute Gasteiger partial charge is 0.303 e. The average Bonchev–Trinajstić information content (AvgIpc) is 2.55. The molecule has 0 saturated heterocycles. The zero-order valence-electron chi connectivity index (χ0n) is 15.7. The molecule has 0 aromatic rings. The molecule has 27 heavy (non-hydrogen) atoms. The molecule has 0 saturated carbocycles. The van der Waals surface area contributed by atoms with Gasteiger partial charge in [0.15, 0.2) is 24.4 Å². The molecule has 11 heteroatoms. The predicted molar refractivity (Wildman–Crippen MR) is 85.7 cm³/mol. The summed E-state index contributed by atoms with van der Waals surface area (Å²) < 4.78 is 25.1. The van der Waals surface area contributed by atoms with Crippen LogP contribution in [0.2, 0.25) is 0 Å². The number of rotatable bonds is 10. The molecule has 5 atom stereocenters. The minimum atomic E-state index is -1.89. The van der Waals surface area contributed by atoms with Gasteiger partial charge in [-0.3, -0.25) is 19.2 Å². The first-order valence-corrected chi connectivity index (χ1v) is 7.78. The van der Waals surface area contributed by atoms with Gasteiger partial charge in [-0.25, -0.2) is 0 Å². The van der Waals surface area contributed by atoms with Gasteiger partial charge in [-0.15, -0.1) is 0 Å². The molecule has 0 radical (unpaired) electrons. The Bertz CT molecular complexity index is 584. The first-order valence-electron chi connectivity index (χ1n) is 7.78. The van der Waals surface area contributed by atoms with E-state index in [0.29, 0.717) is 0 Å². The average molecular weight is 389 g/mol. The van der Waals surface area contributed by atoms with Gasteiger partial charge in [0.2, 0.25) is 0 Å². The summed E-state index contributed by atoms with van der Waals surface area (Å²) >= 11 is 0. The van der Waals surface area contributed by atoms with Crippen LogP contribution in [0.4, 0.5) is 0 Å². The summed E-state index contributed by atoms with van der Waals surface area (Å²) in [5.74, 6) is -3.16. The third-order valence-corrected chi connectivity index (χ3v) is 3.10. The maximum absolute atomic E-state index is 11.5. The van der Waals surface area contributed by atoms with Crippen LogP contribution in [0.15, 0.2) is 0 Å². The molecular weight excluding hydrogens is 366 g/mol. The maximum Gasteiger partial charge on any atom is 0.303 e. The molecule has 0 aliphatic rings. The summed E-state index contributed by atoms with van der Waals surface area (Å²) in [7, 11) is 1.16. The van der Waals surface area contributed by atoms with Crippen LogP contribution < -0.4 is 0 Å². The Labute approximate surface area is 156 Å².